The summed E-state index contributed by atoms with van der Waals surface area (Å²) >= 11 is 0. The van der Waals surface area contributed by atoms with Crippen molar-refractivity contribution in [3.8, 4) is 0 Å². The average Bonchev–Trinajstić information content (AvgIpc) is 3.06. The van der Waals surface area contributed by atoms with E-state index >= 15 is 0 Å². The summed E-state index contributed by atoms with van der Waals surface area (Å²) in [5.74, 6) is 0.762. The lowest BCUT2D eigenvalue weighted by Gasteiger charge is -2.18. The molecule has 1 aliphatic rings. The Morgan fingerprint density at radius 2 is 1.48 bits per heavy atom. The summed E-state index contributed by atoms with van der Waals surface area (Å²) in [5, 5.41) is 1.54. The molecular weight excluding hydrogens is 292 g/mol. The van der Waals surface area contributed by atoms with Crippen LogP contribution in [0.15, 0.2) is 71.9 Å². The van der Waals surface area contributed by atoms with Gasteiger partial charge in [0.2, 0.25) is 0 Å². The van der Waals surface area contributed by atoms with Gasteiger partial charge in [0.05, 0.1) is 0 Å². The van der Waals surface area contributed by atoms with Crippen LogP contribution in [0.5, 0.6) is 0 Å². The third-order valence-electron chi connectivity index (χ3n) is 5.51. The first-order chi connectivity index (χ1) is 10.9. The minimum atomic E-state index is -1.48. The predicted octanol–water partition coefficient (Wildman–Crippen LogP) is 5.36. The molecule has 1 aliphatic carbocycles. The quantitative estimate of drug-likeness (QED) is 0.651. The first-order valence-electron chi connectivity index (χ1n) is 8.74. The Labute approximate surface area is 142 Å². The molecule has 3 rings (SSSR count). The van der Waals surface area contributed by atoms with E-state index in [4.69, 9.17) is 0 Å². The molecule has 1 fully saturated rings. The van der Waals surface area contributed by atoms with E-state index in [1.807, 2.05) is 0 Å². The summed E-state index contributed by atoms with van der Waals surface area (Å²) in [5.41, 5.74) is 6.23. The first-order valence-corrected chi connectivity index (χ1v) is 11.8. The largest absolute Gasteiger partial charge is 0.104 e. The van der Waals surface area contributed by atoms with Gasteiger partial charge in [0.15, 0.2) is 0 Å². The van der Waals surface area contributed by atoms with Crippen molar-refractivity contribution in [1.82, 2.24) is 0 Å². The van der Waals surface area contributed by atoms with Crippen molar-refractivity contribution in [3.63, 3.8) is 0 Å². The standard InChI is InChI=1S/C22H28Si/c1-22(2)20(16-15-18-11-7-5-8-12-18)21(22)17-23(3,4)19-13-9-6-10-14-19/h5-14,17,20H,15-16H2,1-4H3/b21-17-. The number of aryl methyl sites for hydroxylation is 1. The number of hydrogen-bond acceptors (Lipinski definition) is 0. The van der Waals surface area contributed by atoms with Gasteiger partial charge in [0.25, 0.3) is 0 Å². The summed E-state index contributed by atoms with van der Waals surface area (Å²) in [6, 6.07) is 22.0. The second kappa shape index (κ2) is 6.12. The van der Waals surface area contributed by atoms with E-state index in [9.17, 15) is 0 Å². The van der Waals surface area contributed by atoms with E-state index in [-0.39, 0.29) is 0 Å². The van der Waals surface area contributed by atoms with Crippen LogP contribution in [-0.2, 0) is 6.42 Å². The van der Waals surface area contributed by atoms with E-state index in [1.165, 1.54) is 23.6 Å². The molecule has 1 atom stereocenters. The first kappa shape index (κ1) is 16.3. The van der Waals surface area contributed by atoms with Crippen LogP contribution in [0.1, 0.15) is 25.8 Å². The summed E-state index contributed by atoms with van der Waals surface area (Å²) in [6.07, 6.45) is 2.47. The van der Waals surface area contributed by atoms with Crippen LogP contribution in [0.2, 0.25) is 13.1 Å². The zero-order valence-electron chi connectivity index (χ0n) is 14.8. The lowest BCUT2D eigenvalue weighted by Crippen LogP contribution is -2.39. The minimum absolute atomic E-state index is 0.397. The van der Waals surface area contributed by atoms with Crippen molar-refractivity contribution in [2.75, 3.05) is 0 Å². The molecule has 2 aromatic carbocycles. The van der Waals surface area contributed by atoms with Crippen molar-refractivity contribution < 1.29 is 0 Å². The van der Waals surface area contributed by atoms with Gasteiger partial charge < -0.3 is 0 Å². The van der Waals surface area contributed by atoms with Gasteiger partial charge in [-0.2, -0.15) is 0 Å². The molecule has 1 heteroatoms. The zero-order chi connectivity index (χ0) is 16.5. The molecular formula is C22H28Si. The number of rotatable bonds is 5. The van der Waals surface area contributed by atoms with Crippen LogP contribution >= 0.6 is 0 Å². The lowest BCUT2D eigenvalue weighted by molar-refractivity contribution is 0.535. The molecule has 0 aromatic heterocycles. The molecule has 0 nitrogen and oxygen atoms in total. The topological polar surface area (TPSA) is 0 Å². The maximum absolute atomic E-state index is 2.66. The fraction of sp³-hybridized carbons (Fsp3) is 0.364. The van der Waals surface area contributed by atoms with Crippen LogP contribution in [0.3, 0.4) is 0 Å². The Bertz CT molecular complexity index is 680. The van der Waals surface area contributed by atoms with Gasteiger partial charge in [0.1, 0.15) is 8.07 Å². The lowest BCUT2D eigenvalue weighted by atomic mass is 10.0. The third kappa shape index (κ3) is 3.50. The fourth-order valence-corrected chi connectivity index (χ4v) is 6.34. The molecule has 1 saturated carbocycles. The molecule has 120 valence electrons. The monoisotopic (exact) mass is 320 g/mol. The number of hydrogen-bond donors (Lipinski definition) is 0. The van der Waals surface area contributed by atoms with Gasteiger partial charge in [0, 0.05) is 0 Å². The number of benzene rings is 2. The van der Waals surface area contributed by atoms with Crippen molar-refractivity contribution >= 4 is 13.3 Å². The van der Waals surface area contributed by atoms with Crippen LogP contribution in [0.25, 0.3) is 0 Å². The molecule has 0 N–H and O–H groups in total. The number of allylic oxidation sites excluding steroid dienone is 1. The molecule has 2 aromatic rings. The van der Waals surface area contributed by atoms with E-state index in [1.54, 1.807) is 5.57 Å². The maximum Gasteiger partial charge on any atom is 0.104 e. The average molecular weight is 321 g/mol. The highest BCUT2D eigenvalue weighted by Gasteiger charge is 2.51. The molecule has 0 radical (unpaired) electrons. The highest BCUT2D eigenvalue weighted by molar-refractivity contribution is 6.94. The second-order valence-corrected chi connectivity index (χ2v) is 12.3. The van der Waals surface area contributed by atoms with Crippen molar-refractivity contribution in [2.45, 2.75) is 39.8 Å². The summed E-state index contributed by atoms with van der Waals surface area (Å²) in [4.78, 5) is 0. The molecule has 0 amide bonds. The molecule has 1 unspecified atom stereocenters. The Morgan fingerprint density at radius 1 is 0.913 bits per heavy atom. The molecule has 0 spiro atoms. The Hall–Kier alpha value is -1.60. The van der Waals surface area contributed by atoms with Crippen LogP contribution < -0.4 is 5.19 Å². The summed E-state index contributed by atoms with van der Waals surface area (Å²) < 4.78 is 0. The van der Waals surface area contributed by atoms with Crippen LogP contribution in [0.4, 0.5) is 0 Å². The van der Waals surface area contributed by atoms with Gasteiger partial charge >= 0.3 is 0 Å². The van der Waals surface area contributed by atoms with Gasteiger partial charge in [-0.25, -0.2) is 0 Å². The van der Waals surface area contributed by atoms with Gasteiger partial charge in [-0.3, -0.25) is 0 Å². The van der Waals surface area contributed by atoms with Crippen LogP contribution in [0, 0.1) is 11.3 Å². The highest BCUT2D eigenvalue weighted by atomic mass is 28.3. The van der Waals surface area contributed by atoms with E-state index in [0.29, 0.717) is 5.41 Å². The Kier molecular flexibility index (Phi) is 4.33. The molecule has 0 heterocycles. The maximum atomic E-state index is 2.66. The van der Waals surface area contributed by atoms with E-state index in [2.05, 4.69) is 93.3 Å². The third-order valence-corrected chi connectivity index (χ3v) is 8.36. The Balaban J connectivity index is 1.72. The van der Waals surface area contributed by atoms with E-state index in [0.717, 1.165) is 5.92 Å². The predicted molar refractivity (Wildman–Crippen MR) is 104 cm³/mol. The summed E-state index contributed by atoms with van der Waals surface area (Å²) in [6.45, 7) is 9.78. The highest BCUT2D eigenvalue weighted by Crippen LogP contribution is 2.60. The zero-order valence-corrected chi connectivity index (χ0v) is 15.8. The Morgan fingerprint density at radius 3 is 2.09 bits per heavy atom. The van der Waals surface area contributed by atoms with Gasteiger partial charge in [-0.15, -0.1) is 0 Å². The summed E-state index contributed by atoms with van der Waals surface area (Å²) in [7, 11) is -1.48. The van der Waals surface area contributed by atoms with E-state index < -0.39 is 8.07 Å². The van der Waals surface area contributed by atoms with Crippen LogP contribution in [-0.4, -0.2) is 8.07 Å². The van der Waals surface area contributed by atoms with Crippen molar-refractivity contribution in [1.29, 1.82) is 0 Å². The molecule has 23 heavy (non-hydrogen) atoms. The van der Waals surface area contributed by atoms with Gasteiger partial charge in [-0.05, 0) is 29.7 Å². The molecule has 0 aliphatic heterocycles. The minimum Gasteiger partial charge on any atom is -0.0902 e. The SMILES string of the molecule is CC1(C)/C(=C\[Si](C)(C)c2ccccc2)C1CCc1ccccc1. The normalized spacial score (nSPS) is 21.4. The van der Waals surface area contributed by atoms with Gasteiger partial charge in [-0.1, -0.05) is 104 Å². The molecule has 0 saturated heterocycles. The second-order valence-electron chi connectivity index (χ2n) is 7.99. The molecule has 0 bridgehead atoms. The van der Waals surface area contributed by atoms with Crippen molar-refractivity contribution in [3.05, 3.63) is 77.5 Å². The fourth-order valence-electron chi connectivity index (χ4n) is 3.77. The van der Waals surface area contributed by atoms with Crippen molar-refractivity contribution in [2.24, 2.45) is 11.3 Å². The smallest absolute Gasteiger partial charge is 0.0902 e.